The van der Waals surface area contributed by atoms with E-state index in [-0.39, 0.29) is 36.1 Å². The van der Waals surface area contributed by atoms with Crippen molar-refractivity contribution in [3.63, 3.8) is 0 Å². The number of aromatic nitrogens is 4. The molecule has 0 bridgehead atoms. The Morgan fingerprint density at radius 3 is 2.27 bits per heavy atom. The number of imidazole rings is 1. The summed E-state index contributed by atoms with van der Waals surface area (Å²) in [5.41, 5.74) is 2.81. The average molecular weight is 664 g/mol. The predicted molar refractivity (Wildman–Crippen MR) is 186 cm³/mol. The molecule has 2 aromatic heterocycles. The summed E-state index contributed by atoms with van der Waals surface area (Å²) in [6.45, 7) is 8.29. The van der Waals surface area contributed by atoms with Crippen molar-refractivity contribution in [1.82, 2.24) is 19.5 Å². The Bertz CT molecular complexity index is 1850. The molecule has 1 aliphatic carbocycles. The van der Waals surface area contributed by atoms with Crippen LogP contribution in [0.15, 0.2) is 97.3 Å². The fraction of sp³-hybridized carbons (Fsp3) is 0.351. The van der Waals surface area contributed by atoms with Gasteiger partial charge in [-0.05, 0) is 23.1 Å². The van der Waals surface area contributed by atoms with Crippen LogP contribution in [0.2, 0.25) is 18.6 Å². The maximum absolute atomic E-state index is 12.2. The van der Waals surface area contributed by atoms with Crippen molar-refractivity contribution in [1.29, 1.82) is 0 Å². The maximum Gasteiger partial charge on any atom is 0.247 e. The van der Waals surface area contributed by atoms with E-state index in [1.54, 1.807) is 0 Å². The molecule has 5 aromatic rings. The van der Waals surface area contributed by atoms with Gasteiger partial charge in [-0.2, -0.15) is 9.97 Å². The number of ether oxygens (including phenoxy) is 4. The highest BCUT2D eigenvalue weighted by atomic mass is 28.3. The molecule has 3 aromatic carbocycles. The molecule has 1 saturated carbocycles. The molecule has 3 heterocycles. The second kappa shape index (κ2) is 13.6. The number of hydrogen-bond acceptors (Lipinski definition) is 8. The second-order valence-corrected chi connectivity index (χ2v) is 18.0. The SMILES string of the molecule is CC(=O)Nc1nc(OCc2ccccc2)c2ncn([C@H]3C[C@H]([Si](C)(C)c4ccccc4)[C@@H](COCc4ccccc4)C34COCO4)c2n1. The maximum atomic E-state index is 12.2. The molecule has 2 aliphatic rings. The molecular weight excluding hydrogens is 623 g/mol. The third-order valence-corrected chi connectivity index (χ3v) is 14.3. The van der Waals surface area contributed by atoms with E-state index in [0.29, 0.717) is 43.5 Å². The number of carbonyl (C=O) groups excluding carboxylic acids is 1. The smallest absolute Gasteiger partial charge is 0.247 e. The summed E-state index contributed by atoms with van der Waals surface area (Å²) in [6.07, 6.45) is 2.63. The van der Waals surface area contributed by atoms with Gasteiger partial charge in [0.25, 0.3) is 0 Å². The molecule has 1 N–H and O–H groups in total. The van der Waals surface area contributed by atoms with Crippen LogP contribution in [0.25, 0.3) is 11.2 Å². The van der Waals surface area contributed by atoms with Crippen molar-refractivity contribution in [2.75, 3.05) is 25.3 Å². The summed E-state index contributed by atoms with van der Waals surface area (Å²) >= 11 is 0. The highest BCUT2D eigenvalue weighted by molar-refractivity contribution is 6.91. The predicted octanol–water partition coefficient (Wildman–Crippen LogP) is 5.87. The van der Waals surface area contributed by atoms with Crippen LogP contribution in [0.1, 0.15) is 30.5 Å². The van der Waals surface area contributed by atoms with Crippen molar-refractivity contribution < 1.29 is 23.7 Å². The van der Waals surface area contributed by atoms with Crippen molar-refractivity contribution in [3.05, 3.63) is 108 Å². The number of amides is 1. The number of carbonyl (C=O) groups is 1. The second-order valence-electron chi connectivity index (χ2n) is 13.3. The molecule has 48 heavy (non-hydrogen) atoms. The lowest BCUT2D eigenvalue weighted by molar-refractivity contribution is -0.114. The first-order valence-electron chi connectivity index (χ1n) is 16.4. The first-order chi connectivity index (χ1) is 23.3. The first kappa shape index (κ1) is 32.1. The van der Waals surface area contributed by atoms with Gasteiger partial charge in [-0.15, -0.1) is 0 Å². The minimum absolute atomic E-state index is 0.0403. The number of nitrogens with zero attached hydrogens (tertiary/aromatic N) is 4. The highest BCUT2D eigenvalue weighted by Crippen LogP contribution is 2.58. The van der Waals surface area contributed by atoms with Gasteiger partial charge in [-0.25, -0.2) is 4.98 Å². The van der Waals surface area contributed by atoms with Gasteiger partial charge in [-0.1, -0.05) is 109 Å². The molecule has 1 spiro atoms. The van der Waals surface area contributed by atoms with Gasteiger partial charge in [0.2, 0.25) is 17.7 Å². The molecule has 2 fully saturated rings. The van der Waals surface area contributed by atoms with Gasteiger partial charge in [0.1, 0.15) is 19.0 Å². The van der Waals surface area contributed by atoms with Gasteiger partial charge >= 0.3 is 0 Å². The van der Waals surface area contributed by atoms with Crippen molar-refractivity contribution >= 4 is 36.3 Å². The molecule has 1 unspecified atom stereocenters. The van der Waals surface area contributed by atoms with Gasteiger partial charge in [0.05, 0.1) is 40.3 Å². The van der Waals surface area contributed by atoms with Crippen LogP contribution in [0, 0.1) is 5.92 Å². The van der Waals surface area contributed by atoms with E-state index in [9.17, 15) is 4.79 Å². The lowest BCUT2D eigenvalue weighted by Crippen LogP contribution is -2.52. The molecule has 1 amide bonds. The average Bonchev–Trinajstić information content (AvgIpc) is 3.83. The fourth-order valence-corrected chi connectivity index (χ4v) is 11.2. The van der Waals surface area contributed by atoms with E-state index in [2.05, 4.69) is 70.4 Å². The van der Waals surface area contributed by atoms with Gasteiger partial charge < -0.3 is 23.5 Å². The van der Waals surface area contributed by atoms with Crippen molar-refractivity contribution in [3.8, 4) is 5.88 Å². The summed E-state index contributed by atoms with van der Waals surface area (Å²) in [5, 5.41) is 4.15. The summed E-state index contributed by atoms with van der Waals surface area (Å²) in [6, 6.07) is 30.8. The van der Waals surface area contributed by atoms with E-state index in [1.807, 2.05) is 54.9 Å². The lowest BCUT2D eigenvalue weighted by atomic mass is 9.89. The zero-order valence-corrected chi connectivity index (χ0v) is 28.5. The van der Waals surface area contributed by atoms with E-state index in [4.69, 9.17) is 28.9 Å². The van der Waals surface area contributed by atoms with E-state index >= 15 is 0 Å². The summed E-state index contributed by atoms with van der Waals surface area (Å²) in [7, 11) is -2.11. The molecular formula is C37H41N5O5Si. The molecule has 10 nitrogen and oxygen atoms in total. The number of benzene rings is 3. The molecule has 1 aliphatic heterocycles. The molecule has 1 saturated heterocycles. The third-order valence-electron chi connectivity index (χ3n) is 9.98. The van der Waals surface area contributed by atoms with Crippen LogP contribution in [0.3, 0.4) is 0 Å². The Morgan fingerprint density at radius 1 is 0.958 bits per heavy atom. The number of hydrogen-bond donors (Lipinski definition) is 1. The normalized spacial score (nSPS) is 22.4. The molecule has 248 valence electrons. The van der Waals surface area contributed by atoms with Gasteiger partial charge in [-0.3, -0.25) is 10.1 Å². The van der Waals surface area contributed by atoms with Gasteiger partial charge in [0, 0.05) is 12.8 Å². The Balaban J connectivity index is 1.29. The standard InChI is InChI=1S/C37H41N5O5Si/c1-26(43)39-36-40-34-33(35(41-36)46-21-28-15-9-5-10-16-28)38-24-42(34)32-19-31(48(2,3)29-17-11-6-12-18-29)30(37(32)23-45-25-47-37)22-44-20-27-13-7-4-8-14-27/h4-18,24,30-32H,19-23,25H2,1-3H3,(H,39,40,41,43)/t30-,31+,32+,37?/m1/s1. The van der Waals surface area contributed by atoms with Crippen molar-refractivity contribution in [2.45, 2.75) is 56.8 Å². The van der Waals surface area contributed by atoms with Crippen LogP contribution in [-0.4, -0.2) is 59.1 Å². The fourth-order valence-electron chi connectivity index (χ4n) is 7.51. The summed E-state index contributed by atoms with van der Waals surface area (Å²) in [5.74, 6) is 0.234. The van der Waals surface area contributed by atoms with Crippen molar-refractivity contribution in [2.24, 2.45) is 5.92 Å². The van der Waals surface area contributed by atoms with Crippen LogP contribution in [-0.2, 0) is 32.2 Å². The van der Waals surface area contributed by atoms with E-state index < -0.39 is 13.7 Å². The van der Waals surface area contributed by atoms with E-state index in [0.717, 1.165) is 17.5 Å². The van der Waals surface area contributed by atoms with Crippen LogP contribution >= 0.6 is 0 Å². The quantitative estimate of drug-likeness (QED) is 0.175. The summed E-state index contributed by atoms with van der Waals surface area (Å²) < 4.78 is 27.6. The zero-order chi connectivity index (χ0) is 33.1. The topological polar surface area (TPSA) is 110 Å². The molecule has 7 rings (SSSR count). The Labute approximate surface area is 281 Å². The lowest BCUT2D eigenvalue weighted by Gasteiger charge is -2.39. The summed E-state index contributed by atoms with van der Waals surface area (Å²) in [4.78, 5) is 26.3. The van der Waals surface area contributed by atoms with Crippen LogP contribution in [0.5, 0.6) is 5.88 Å². The number of anilines is 1. The number of nitrogens with one attached hydrogen (secondary N) is 1. The minimum Gasteiger partial charge on any atom is -0.471 e. The number of rotatable bonds is 11. The largest absolute Gasteiger partial charge is 0.471 e. The molecule has 11 heteroatoms. The Morgan fingerprint density at radius 2 is 1.62 bits per heavy atom. The van der Waals surface area contributed by atoms with Crippen LogP contribution < -0.4 is 15.2 Å². The van der Waals surface area contributed by atoms with E-state index in [1.165, 1.54) is 12.1 Å². The third kappa shape index (κ3) is 6.26. The molecule has 4 atom stereocenters. The monoisotopic (exact) mass is 663 g/mol. The van der Waals surface area contributed by atoms with Crippen LogP contribution in [0.4, 0.5) is 5.95 Å². The Kier molecular flexibility index (Phi) is 9.10. The molecule has 0 radical (unpaired) electrons. The highest BCUT2D eigenvalue weighted by Gasteiger charge is 2.62. The zero-order valence-electron chi connectivity index (χ0n) is 27.5. The first-order valence-corrected chi connectivity index (χ1v) is 19.5. The van der Waals surface area contributed by atoms with Gasteiger partial charge in [0.15, 0.2) is 11.2 Å². The minimum atomic E-state index is -2.11. The Hall–Kier alpha value is -4.42. The number of fused-ring (bicyclic) bond motifs is 1.